The van der Waals surface area contributed by atoms with Crippen LogP contribution >= 0.6 is 0 Å². The van der Waals surface area contributed by atoms with E-state index < -0.39 is 17.9 Å². The molecule has 0 aliphatic rings. The van der Waals surface area contributed by atoms with Gasteiger partial charge in [-0.25, -0.2) is 4.79 Å². The van der Waals surface area contributed by atoms with Crippen LogP contribution in [0.3, 0.4) is 0 Å². The van der Waals surface area contributed by atoms with Crippen molar-refractivity contribution in [2.24, 2.45) is 22.2 Å². The van der Waals surface area contributed by atoms with Crippen LogP contribution in [0.25, 0.3) is 11.1 Å². The number of anilines is 1. The molecule has 10 nitrogen and oxygen atoms in total. The standard InChI is InChI=1S/C25H34N6O4/c26-13-3-1-2-12-22(32)30-20-10-5-8-18(16-20)17-7-4-9-19(15-17)23(33)31-21(24(34)35)11-6-14-29-25(27)28/h4-5,7-10,15-16,21H,1-3,6,11-14,26H2,(H,30,32)(H,31,33)(H,34,35)(H4,27,28,29)/t21-/m0/s1. The van der Waals surface area contributed by atoms with E-state index >= 15 is 0 Å². The molecule has 2 aromatic rings. The third-order valence-electron chi connectivity index (χ3n) is 5.26. The number of unbranched alkanes of at least 4 members (excludes halogenated alkanes) is 2. The number of nitrogens with two attached hydrogens (primary N) is 3. The summed E-state index contributed by atoms with van der Waals surface area (Å²) in [6.45, 7) is 0.898. The van der Waals surface area contributed by atoms with Crippen molar-refractivity contribution in [3.63, 3.8) is 0 Å². The van der Waals surface area contributed by atoms with Crippen LogP contribution in [0.2, 0.25) is 0 Å². The Balaban J connectivity index is 2.04. The summed E-state index contributed by atoms with van der Waals surface area (Å²) in [5, 5.41) is 14.9. The number of hydrogen-bond acceptors (Lipinski definition) is 5. The van der Waals surface area contributed by atoms with Crippen LogP contribution in [0.1, 0.15) is 48.9 Å². The van der Waals surface area contributed by atoms with Crippen LogP contribution < -0.4 is 27.8 Å². The Morgan fingerprint density at radius 2 is 1.66 bits per heavy atom. The number of carbonyl (C=O) groups excluding carboxylic acids is 2. The average molecular weight is 483 g/mol. The van der Waals surface area contributed by atoms with Gasteiger partial charge in [-0.2, -0.15) is 0 Å². The van der Waals surface area contributed by atoms with Gasteiger partial charge in [-0.3, -0.25) is 14.6 Å². The van der Waals surface area contributed by atoms with Crippen LogP contribution in [0.5, 0.6) is 0 Å². The number of rotatable bonds is 14. The van der Waals surface area contributed by atoms with Crippen LogP contribution in [0.4, 0.5) is 5.69 Å². The van der Waals surface area contributed by atoms with Crippen molar-refractivity contribution in [1.82, 2.24) is 5.32 Å². The summed E-state index contributed by atoms with van der Waals surface area (Å²) in [4.78, 5) is 40.3. The zero-order valence-corrected chi connectivity index (χ0v) is 19.7. The van der Waals surface area contributed by atoms with Gasteiger partial charge < -0.3 is 32.9 Å². The Morgan fingerprint density at radius 1 is 0.943 bits per heavy atom. The minimum absolute atomic E-state index is 0.0631. The molecule has 1 atom stereocenters. The SMILES string of the molecule is NCCCCCC(=O)Nc1cccc(-c2cccc(C(=O)N[C@@H](CCCN=C(N)N)C(=O)O)c2)c1. The molecule has 0 fully saturated rings. The Bertz CT molecular complexity index is 1040. The molecule has 188 valence electrons. The fourth-order valence-electron chi connectivity index (χ4n) is 3.45. The second-order valence-corrected chi connectivity index (χ2v) is 8.12. The number of amides is 2. The Labute approximate surface area is 205 Å². The summed E-state index contributed by atoms with van der Waals surface area (Å²) in [5.74, 6) is -1.76. The predicted octanol–water partition coefficient (Wildman–Crippen LogP) is 2.05. The zero-order chi connectivity index (χ0) is 25.6. The summed E-state index contributed by atoms with van der Waals surface area (Å²) < 4.78 is 0. The Morgan fingerprint density at radius 3 is 2.34 bits per heavy atom. The van der Waals surface area contributed by atoms with Gasteiger partial charge in [0.15, 0.2) is 5.96 Å². The molecule has 0 unspecified atom stereocenters. The third-order valence-corrected chi connectivity index (χ3v) is 5.26. The monoisotopic (exact) mass is 482 g/mol. The topological polar surface area (TPSA) is 186 Å². The molecule has 0 saturated heterocycles. The number of nitrogens with one attached hydrogen (secondary N) is 2. The Hall–Kier alpha value is -3.92. The molecule has 0 aliphatic heterocycles. The first-order chi connectivity index (χ1) is 16.8. The molecule has 0 aliphatic carbocycles. The first kappa shape index (κ1) is 27.3. The maximum Gasteiger partial charge on any atom is 0.326 e. The summed E-state index contributed by atoms with van der Waals surface area (Å²) in [5.41, 5.74) is 18.6. The van der Waals surface area contributed by atoms with Crippen molar-refractivity contribution in [2.45, 2.75) is 44.6 Å². The van der Waals surface area contributed by atoms with Gasteiger partial charge in [0.2, 0.25) is 5.91 Å². The number of hydrogen-bond donors (Lipinski definition) is 6. The van der Waals surface area contributed by atoms with E-state index in [0.29, 0.717) is 30.6 Å². The van der Waals surface area contributed by atoms with E-state index in [2.05, 4.69) is 15.6 Å². The zero-order valence-electron chi connectivity index (χ0n) is 19.7. The molecule has 0 bridgehead atoms. The summed E-state index contributed by atoms with van der Waals surface area (Å²) in [6.07, 6.45) is 3.62. The van der Waals surface area contributed by atoms with E-state index in [1.807, 2.05) is 24.3 Å². The van der Waals surface area contributed by atoms with Gasteiger partial charge >= 0.3 is 5.97 Å². The van der Waals surface area contributed by atoms with Crippen molar-refractivity contribution in [2.75, 3.05) is 18.4 Å². The molecule has 2 rings (SSSR count). The van der Waals surface area contributed by atoms with Crippen molar-refractivity contribution >= 4 is 29.4 Å². The maximum atomic E-state index is 12.7. The molecule has 0 heterocycles. The second-order valence-electron chi connectivity index (χ2n) is 8.12. The Kier molecular flexibility index (Phi) is 11.2. The quantitative estimate of drug-likeness (QED) is 0.135. The van der Waals surface area contributed by atoms with Gasteiger partial charge in [0, 0.05) is 24.2 Å². The molecule has 35 heavy (non-hydrogen) atoms. The number of carboxylic acid groups (broad SMARTS) is 1. The number of guanidine groups is 1. The number of benzene rings is 2. The minimum atomic E-state index is -1.13. The molecule has 0 spiro atoms. The number of aliphatic carboxylic acids is 1. The molecule has 0 aromatic heterocycles. The van der Waals surface area contributed by atoms with E-state index in [9.17, 15) is 19.5 Å². The average Bonchev–Trinajstić information content (AvgIpc) is 2.83. The highest BCUT2D eigenvalue weighted by Crippen LogP contribution is 2.24. The number of aliphatic imine (C=N–C) groups is 1. The van der Waals surface area contributed by atoms with E-state index in [1.165, 1.54) is 0 Å². The lowest BCUT2D eigenvalue weighted by molar-refractivity contribution is -0.139. The third kappa shape index (κ3) is 9.85. The minimum Gasteiger partial charge on any atom is -0.480 e. The van der Waals surface area contributed by atoms with E-state index in [-0.39, 0.29) is 24.8 Å². The van der Waals surface area contributed by atoms with Crippen LogP contribution in [-0.4, -0.2) is 48.0 Å². The van der Waals surface area contributed by atoms with Gasteiger partial charge in [-0.1, -0.05) is 30.7 Å². The van der Waals surface area contributed by atoms with Crippen molar-refractivity contribution in [1.29, 1.82) is 0 Å². The lowest BCUT2D eigenvalue weighted by Crippen LogP contribution is -2.40. The van der Waals surface area contributed by atoms with Crippen LogP contribution in [0, 0.1) is 0 Å². The second kappa shape index (κ2) is 14.4. The first-order valence-electron chi connectivity index (χ1n) is 11.6. The van der Waals surface area contributed by atoms with E-state index in [4.69, 9.17) is 17.2 Å². The number of nitrogens with zero attached hydrogens (tertiary/aromatic N) is 1. The highest BCUT2D eigenvalue weighted by atomic mass is 16.4. The number of carbonyl (C=O) groups is 3. The number of carboxylic acids is 1. The fraction of sp³-hybridized carbons (Fsp3) is 0.360. The predicted molar refractivity (Wildman–Crippen MR) is 137 cm³/mol. The summed E-state index contributed by atoms with van der Waals surface area (Å²) in [7, 11) is 0. The molecular formula is C25H34N6O4. The lowest BCUT2D eigenvalue weighted by Gasteiger charge is -2.15. The molecule has 9 N–H and O–H groups in total. The molecule has 0 saturated carbocycles. The maximum absolute atomic E-state index is 12.7. The molecule has 2 aromatic carbocycles. The molecular weight excluding hydrogens is 448 g/mol. The van der Waals surface area contributed by atoms with Gasteiger partial charge in [-0.05, 0) is 67.6 Å². The molecule has 10 heteroatoms. The van der Waals surface area contributed by atoms with Crippen LogP contribution in [-0.2, 0) is 9.59 Å². The van der Waals surface area contributed by atoms with Crippen molar-refractivity contribution in [3.8, 4) is 11.1 Å². The fourth-order valence-corrected chi connectivity index (χ4v) is 3.45. The van der Waals surface area contributed by atoms with Crippen molar-refractivity contribution in [3.05, 3.63) is 54.1 Å². The normalized spacial score (nSPS) is 11.3. The molecule has 2 amide bonds. The molecule has 0 radical (unpaired) electrons. The smallest absolute Gasteiger partial charge is 0.326 e. The van der Waals surface area contributed by atoms with Gasteiger partial charge in [-0.15, -0.1) is 0 Å². The van der Waals surface area contributed by atoms with Gasteiger partial charge in [0.25, 0.3) is 5.91 Å². The van der Waals surface area contributed by atoms with E-state index in [1.54, 1.807) is 24.3 Å². The highest BCUT2D eigenvalue weighted by Gasteiger charge is 2.20. The summed E-state index contributed by atoms with van der Waals surface area (Å²) >= 11 is 0. The van der Waals surface area contributed by atoms with Crippen molar-refractivity contribution < 1.29 is 19.5 Å². The van der Waals surface area contributed by atoms with Gasteiger partial charge in [0.05, 0.1) is 0 Å². The largest absolute Gasteiger partial charge is 0.480 e. The first-order valence-corrected chi connectivity index (χ1v) is 11.6. The highest BCUT2D eigenvalue weighted by molar-refractivity contribution is 5.98. The van der Waals surface area contributed by atoms with Gasteiger partial charge in [0.1, 0.15) is 6.04 Å². The summed E-state index contributed by atoms with van der Waals surface area (Å²) in [6, 6.07) is 13.1. The van der Waals surface area contributed by atoms with Crippen LogP contribution in [0.15, 0.2) is 53.5 Å². The van der Waals surface area contributed by atoms with E-state index in [0.717, 1.165) is 30.4 Å². The lowest BCUT2D eigenvalue weighted by atomic mass is 10.0.